The van der Waals surface area contributed by atoms with Gasteiger partial charge < -0.3 is 19.6 Å². The van der Waals surface area contributed by atoms with Crippen LogP contribution in [0.5, 0.6) is 0 Å². The van der Waals surface area contributed by atoms with Crippen LogP contribution in [-0.4, -0.2) is 77.2 Å². The number of amides is 2. The number of carbonyl (C=O) groups is 2. The molecule has 7 nitrogen and oxygen atoms in total. The number of hydrogen-bond acceptors (Lipinski definition) is 5. The van der Waals surface area contributed by atoms with Crippen LogP contribution in [0.1, 0.15) is 27.4 Å². The van der Waals surface area contributed by atoms with Crippen molar-refractivity contribution in [3.63, 3.8) is 0 Å². The summed E-state index contributed by atoms with van der Waals surface area (Å²) in [5.41, 5.74) is 2.42. The van der Waals surface area contributed by atoms with Gasteiger partial charge in [-0.05, 0) is 29.8 Å². The molecule has 1 aromatic heterocycles. The first kappa shape index (κ1) is 20.1. The van der Waals surface area contributed by atoms with E-state index in [0.29, 0.717) is 18.7 Å². The zero-order chi connectivity index (χ0) is 21.1. The topological polar surface area (TPSA) is 83.0 Å². The summed E-state index contributed by atoms with van der Waals surface area (Å²) >= 11 is 0. The second-order valence-corrected chi connectivity index (χ2v) is 7.42. The molecule has 3 heterocycles. The number of nitrogens with zero attached hydrogens (tertiary/aromatic N) is 3. The third-order valence-corrected chi connectivity index (χ3v) is 5.71. The minimum absolute atomic E-state index is 0.0227. The lowest BCUT2D eigenvalue weighted by molar-refractivity contribution is -0.159. The Labute approximate surface area is 175 Å². The molecule has 2 fully saturated rings. The highest BCUT2D eigenvalue weighted by Gasteiger charge is 2.54. The van der Waals surface area contributed by atoms with Crippen LogP contribution in [0, 0.1) is 11.8 Å². The number of hydrogen-bond donors (Lipinski definition) is 1. The maximum absolute atomic E-state index is 12.8. The lowest BCUT2D eigenvalue weighted by atomic mass is 9.73. The number of aromatic nitrogens is 1. The van der Waals surface area contributed by atoms with Crippen molar-refractivity contribution in [1.82, 2.24) is 14.8 Å². The van der Waals surface area contributed by atoms with Crippen molar-refractivity contribution in [3.8, 4) is 11.8 Å². The van der Waals surface area contributed by atoms with Crippen LogP contribution in [-0.2, 0) is 9.53 Å². The fourth-order valence-corrected chi connectivity index (χ4v) is 4.33. The van der Waals surface area contributed by atoms with Gasteiger partial charge in [0.2, 0.25) is 5.91 Å². The van der Waals surface area contributed by atoms with Crippen molar-refractivity contribution >= 4 is 11.8 Å². The first-order chi connectivity index (χ1) is 14.6. The largest absolute Gasteiger partial charge is 0.394 e. The molecule has 4 rings (SSSR count). The summed E-state index contributed by atoms with van der Waals surface area (Å²) in [6.45, 7) is 0.719. The number of ether oxygens (including phenoxy) is 1. The van der Waals surface area contributed by atoms with E-state index in [1.807, 2.05) is 24.3 Å². The summed E-state index contributed by atoms with van der Waals surface area (Å²) in [6.07, 6.45) is 3.13. The second kappa shape index (κ2) is 8.66. The summed E-state index contributed by atoms with van der Waals surface area (Å²) in [5.74, 6) is 5.60. The van der Waals surface area contributed by atoms with E-state index in [1.165, 1.54) is 0 Å². The molecular weight excluding hydrogens is 382 g/mol. The molecule has 2 aromatic rings. The third-order valence-electron chi connectivity index (χ3n) is 5.71. The van der Waals surface area contributed by atoms with Crippen molar-refractivity contribution in [2.45, 2.75) is 18.0 Å². The van der Waals surface area contributed by atoms with Crippen LogP contribution in [0.4, 0.5) is 0 Å². The fourth-order valence-electron chi connectivity index (χ4n) is 4.33. The van der Waals surface area contributed by atoms with Crippen molar-refractivity contribution < 1.29 is 19.4 Å². The summed E-state index contributed by atoms with van der Waals surface area (Å²) in [7, 11) is 1.60. The van der Waals surface area contributed by atoms with Gasteiger partial charge in [0.15, 0.2) is 0 Å². The Kier molecular flexibility index (Phi) is 5.79. The third kappa shape index (κ3) is 3.67. The van der Waals surface area contributed by atoms with Crippen LogP contribution >= 0.6 is 0 Å². The molecule has 2 aliphatic rings. The Hall–Kier alpha value is -3.21. The minimum Gasteiger partial charge on any atom is -0.394 e. The van der Waals surface area contributed by atoms with Crippen LogP contribution < -0.4 is 0 Å². The SMILES string of the molecule is COCC#Cc1ccc([C@@H]2[C@@H](CO)N3C(=O)CN(C(=O)c4ccncc4)C[C@H]23)cc1. The summed E-state index contributed by atoms with van der Waals surface area (Å²) in [5, 5.41) is 9.91. The van der Waals surface area contributed by atoms with E-state index in [2.05, 4.69) is 16.8 Å². The Balaban J connectivity index is 1.54. The van der Waals surface area contributed by atoms with Crippen LogP contribution in [0.3, 0.4) is 0 Å². The number of aliphatic hydroxyl groups is 1. The average Bonchev–Trinajstić information content (AvgIpc) is 2.76. The van der Waals surface area contributed by atoms with E-state index in [9.17, 15) is 14.7 Å². The van der Waals surface area contributed by atoms with E-state index in [-0.39, 0.29) is 43.0 Å². The molecule has 0 bridgehead atoms. The molecular formula is C23H23N3O4. The van der Waals surface area contributed by atoms with Gasteiger partial charge in [-0.15, -0.1) is 0 Å². The predicted molar refractivity (Wildman–Crippen MR) is 110 cm³/mol. The molecule has 0 aliphatic carbocycles. The van der Waals surface area contributed by atoms with Crippen molar-refractivity contribution in [3.05, 3.63) is 65.5 Å². The minimum atomic E-state index is -0.272. The van der Waals surface area contributed by atoms with Crippen molar-refractivity contribution in [1.29, 1.82) is 0 Å². The quantitative estimate of drug-likeness (QED) is 0.764. The van der Waals surface area contributed by atoms with Gasteiger partial charge in [-0.25, -0.2) is 0 Å². The molecule has 1 N–H and O–H groups in total. The van der Waals surface area contributed by atoms with Gasteiger partial charge in [-0.2, -0.15) is 0 Å². The van der Waals surface area contributed by atoms with Gasteiger partial charge in [-0.1, -0.05) is 24.0 Å². The zero-order valence-electron chi connectivity index (χ0n) is 16.7. The van der Waals surface area contributed by atoms with Gasteiger partial charge in [0, 0.05) is 43.1 Å². The molecule has 2 amide bonds. The number of piperazine rings is 1. The maximum Gasteiger partial charge on any atom is 0.254 e. The highest BCUT2D eigenvalue weighted by molar-refractivity contribution is 5.97. The molecule has 0 saturated carbocycles. The lowest BCUT2D eigenvalue weighted by Gasteiger charge is -2.58. The van der Waals surface area contributed by atoms with Crippen molar-refractivity contribution in [2.24, 2.45) is 0 Å². The Bertz CT molecular complexity index is 981. The molecule has 0 unspecified atom stereocenters. The summed E-state index contributed by atoms with van der Waals surface area (Å²) in [4.78, 5) is 32.8. The van der Waals surface area contributed by atoms with Gasteiger partial charge >= 0.3 is 0 Å². The molecule has 30 heavy (non-hydrogen) atoms. The Morgan fingerprint density at radius 3 is 2.63 bits per heavy atom. The summed E-state index contributed by atoms with van der Waals surface area (Å²) < 4.78 is 4.94. The molecule has 7 heteroatoms. The maximum atomic E-state index is 12.8. The second-order valence-electron chi connectivity index (χ2n) is 7.42. The fraction of sp³-hybridized carbons (Fsp3) is 0.348. The van der Waals surface area contributed by atoms with Crippen LogP contribution in [0.2, 0.25) is 0 Å². The molecule has 2 saturated heterocycles. The van der Waals surface area contributed by atoms with Gasteiger partial charge in [0.1, 0.15) is 13.2 Å². The Morgan fingerprint density at radius 2 is 1.97 bits per heavy atom. The van der Waals surface area contributed by atoms with E-state index in [4.69, 9.17) is 4.74 Å². The number of methoxy groups -OCH3 is 1. The van der Waals surface area contributed by atoms with Crippen molar-refractivity contribution in [2.75, 3.05) is 33.4 Å². The zero-order valence-corrected chi connectivity index (χ0v) is 16.7. The highest BCUT2D eigenvalue weighted by Crippen LogP contribution is 2.43. The molecule has 0 radical (unpaired) electrons. The predicted octanol–water partition coefficient (Wildman–Crippen LogP) is 0.891. The van der Waals surface area contributed by atoms with E-state index >= 15 is 0 Å². The number of rotatable bonds is 4. The number of aliphatic hydroxyl groups excluding tert-OH is 1. The lowest BCUT2D eigenvalue weighted by Crippen LogP contribution is -2.73. The average molecular weight is 405 g/mol. The van der Waals surface area contributed by atoms with E-state index < -0.39 is 0 Å². The molecule has 0 spiro atoms. The van der Waals surface area contributed by atoms with Crippen LogP contribution in [0.15, 0.2) is 48.8 Å². The number of benzene rings is 1. The molecule has 2 aliphatic heterocycles. The molecule has 3 atom stereocenters. The molecule has 1 aromatic carbocycles. The van der Waals surface area contributed by atoms with E-state index in [1.54, 1.807) is 41.4 Å². The van der Waals surface area contributed by atoms with Gasteiger partial charge in [-0.3, -0.25) is 14.6 Å². The van der Waals surface area contributed by atoms with Gasteiger partial charge in [0.25, 0.3) is 5.91 Å². The molecule has 154 valence electrons. The van der Waals surface area contributed by atoms with Crippen LogP contribution in [0.25, 0.3) is 0 Å². The first-order valence-electron chi connectivity index (χ1n) is 9.83. The number of pyridine rings is 1. The smallest absolute Gasteiger partial charge is 0.254 e. The Morgan fingerprint density at radius 1 is 1.23 bits per heavy atom. The number of fused-ring (bicyclic) bond motifs is 1. The van der Waals surface area contributed by atoms with Gasteiger partial charge in [0.05, 0.1) is 18.7 Å². The summed E-state index contributed by atoms with van der Waals surface area (Å²) in [6, 6.07) is 10.7. The standard InChI is InChI=1S/C23H23N3O4/c1-30-12-2-3-16-4-6-17(7-5-16)22-19-13-25(14-21(28)26(19)20(22)15-27)23(29)18-8-10-24-11-9-18/h4-11,19-20,22,27H,12-15H2,1H3/t19-,20-,22+/m1/s1. The highest BCUT2D eigenvalue weighted by atomic mass is 16.5. The first-order valence-corrected chi connectivity index (χ1v) is 9.83. The monoisotopic (exact) mass is 405 g/mol. The number of carbonyl (C=O) groups excluding carboxylic acids is 2. The normalized spacial score (nSPS) is 22.6. The van der Waals surface area contributed by atoms with E-state index in [0.717, 1.165) is 11.1 Å².